The number of benzene rings is 1. The molecule has 3 heteroatoms. The van der Waals surface area contributed by atoms with Crippen molar-refractivity contribution < 1.29 is 4.79 Å². The smallest absolute Gasteiger partial charge is 0.221 e. The summed E-state index contributed by atoms with van der Waals surface area (Å²) in [6.45, 7) is 3.99. The first-order valence-electron chi connectivity index (χ1n) is 5.82. The third-order valence-corrected chi connectivity index (χ3v) is 2.30. The number of piperidine rings is 1. The van der Waals surface area contributed by atoms with Crippen LogP contribution in [0.25, 0.3) is 0 Å². The summed E-state index contributed by atoms with van der Waals surface area (Å²) < 4.78 is 0. The molecule has 88 valence electrons. The highest BCUT2D eigenvalue weighted by Gasteiger charge is 1.93. The fraction of sp³-hybridized carbons (Fsp3) is 0.462. The lowest BCUT2D eigenvalue weighted by Crippen LogP contribution is -2.21. The van der Waals surface area contributed by atoms with Crippen LogP contribution in [0.3, 0.4) is 0 Å². The van der Waals surface area contributed by atoms with Gasteiger partial charge in [-0.05, 0) is 38.1 Å². The van der Waals surface area contributed by atoms with E-state index in [1.165, 1.54) is 39.3 Å². The minimum atomic E-state index is -0.0359. The van der Waals surface area contributed by atoms with Gasteiger partial charge in [0.05, 0.1) is 0 Å². The van der Waals surface area contributed by atoms with Crippen molar-refractivity contribution in [1.82, 2.24) is 5.32 Å². The van der Waals surface area contributed by atoms with E-state index in [-0.39, 0.29) is 5.91 Å². The van der Waals surface area contributed by atoms with Crippen molar-refractivity contribution in [3.8, 4) is 0 Å². The lowest BCUT2D eigenvalue weighted by atomic mass is 10.2. The van der Waals surface area contributed by atoms with Crippen molar-refractivity contribution in [2.75, 3.05) is 18.4 Å². The summed E-state index contributed by atoms with van der Waals surface area (Å²) in [6.07, 6.45) is 4.22. The summed E-state index contributed by atoms with van der Waals surface area (Å²) in [5, 5.41) is 5.95. The quantitative estimate of drug-likeness (QED) is 0.763. The van der Waals surface area contributed by atoms with Gasteiger partial charge in [-0.15, -0.1) is 0 Å². The SMILES string of the molecule is C1CCNCC1.CC(=O)Nc1ccccc1. The lowest BCUT2D eigenvalue weighted by Gasteiger charge is -2.08. The van der Waals surface area contributed by atoms with Crippen molar-refractivity contribution in [3.63, 3.8) is 0 Å². The Hall–Kier alpha value is -1.35. The summed E-state index contributed by atoms with van der Waals surface area (Å²) in [5.41, 5.74) is 0.843. The summed E-state index contributed by atoms with van der Waals surface area (Å²) in [6, 6.07) is 9.37. The van der Waals surface area contributed by atoms with Crippen molar-refractivity contribution in [2.24, 2.45) is 0 Å². The summed E-state index contributed by atoms with van der Waals surface area (Å²) >= 11 is 0. The molecule has 1 aliphatic rings. The number of amides is 1. The number of carbonyl (C=O) groups excluding carboxylic acids is 1. The standard InChI is InChI=1S/C8H9NO.C5H11N/c1-7(10)9-8-5-3-2-4-6-8;1-2-4-6-5-3-1/h2-6H,1H3,(H,9,10);6H,1-5H2. The Labute approximate surface area is 97.2 Å². The van der Waals surface area contributed by atoms with E-state index in [4.69, 9.17) is 0 Å². The number of carbonyl (C=O) groups is 1. The molecule has 1 fully saturated rings. The molecule has 1 aliphatic heterocycles. The van der Waals surface area contributed by atoms with E-state index in [1.807, 2.05) is 30.3 Å². The Morgan fingerprint density at radius 1 is 1.12 bits per heavy atom. The molecule has 1 amide bonds. The normalized spacial score (nSPS) is 14.6. The highest BCUT2D eigenvalue weighted by molar-refractivity contribution is 5.88. The predicted molar refractivity (Wildman–Crippen MR) is 67.5 cm³/mol. The van der Waals surface area contributed by atoms with Gasteiger partial charge in [0.15, 0.2) is 0 Å². The van der Waals surface area contributed by atoms with Crippen LogP contribution in [-0.4, -0.2) is 19.0 Å². The molecule has 2 rings (SSSR count). The fourth-order valence-corrected chi connectivity index (χ4v) is 1.53. The van der Waals surface area contributed by atoms with E-state index in [9.17, 15) is 4.79 Å². The number of rotatable bonds is 1. The van der Waals surface area contributed by atoms with Gasteiger partial charge in [-0.2, -0.15) is 0 Å². The number of nitrogens with one attached hydrogen (secondary N) is 2. The second-order valence-electron chi connectivity index (χ2n) is 3.86. The minimum absolute atomic E-state index is 0.0359. The molecule has 1 saturated heterocycles. The van der Waals surface area contributed by atoms with Gasteiger partial charge in [-0.25, -0.2) is 0 Å². The van der Waals surface area contributed by atoms with Crippen LogP contribution in [0.15, 0.2) is 30.3 Å². The molecule has 0 unspecified atom stereocenters. The van der Waals surface area contributed by atoms with Crippen LogP contribution in [0.4, 0.5) is 5.69 Å². The monoisotopic (exact) mass is 220 g/mol. The van der Waals surface area contributed by atoms with Gasteiger partial charge in [-0.3, -0.25) is 4.79 Å². The maximum absolute atomic E-state index is 10.5. The van der Waals surface area contributed by atoms with Gasteiger partial charge in [-0.1, -0.05) is 24.6 Å². The maximum Gasteiger partial charge on any atom is 0.221 e. The summed E-state index contributed by atoms with van der Waals surface area (Å²) in [7, 11) is 0. The van der Waals surface area contributed by atoms with Crippen LogP contribution in [-0.2, 0) is 4.79 Å². The second-order valence-corrected chi connectivity index (χ2v) is 3.86. The zero-order chi connectivity index (χ0) is 11.6. The molecule has 0 saturated carbocycles. The number of anilines is 1. The number of hydrogen-bond acceptors (Lipinski definition) is 2. The van der Waals surface area contributed by atoms with E-state index in [1.54, 1.807) is 0 Å². The Kier molecular flexibility index (Phi) is 6.26. The molecule has 1 heterocycles. The van der Waals surface area contributed by atoms with E-state index in [2.05, 4.69) is 10.6 Å². The Balaban J connectivity index is 0.000000181. The Morgan fingerprint density at radius 2 is 1.75 bits per heavy atom. The first-order chi connectivity index (χ1) is 7.79. The molecule has 1 aromatic carbocycles. The van der Waals surface area contributed by atoms with Crippen LogP contribution < -0.4 is 10.6 Å². The summed E-state index contributed by atoms with van der Waals surface area (Å²) in [5.74, 6) is -0.0359. The highest BCUT2D eigenvalue weighted by Crippen LogP contribution is 2.03. The first kappa shape index (κ1) is 12.7. The molecule has 0 bridgehead atoms. The molecule has 3 nitrogen and oxygen atoms in total. The van der Waals surface area contributed by atoms with E-state index < -0.39 is 0 Å². The topological polar surface area (TPSA) is 41.1 Å². The molecule has 0 aliphatic carbocycles. The van der Waals surface area contributed by atoms with Gasteiger partial charge < -0.3 is 10.6 Å². The van der Waals surface area contributed by atoms with E-state index in [0.29, 0.717) is 0 Å². The third-order valence-electron chi connectivity index (χ3n) is 2.30. The van der Waals surface area contributed by atoms with Crippen LogP contribution in [0.1, 0.15) is 26.2 Å². The van der Waals surface area contributed by atoms with E-state index >= 15 is 0 Å². The molecule has 0 aromatic heterocycles. The zero-order valence-corrected chi connectivity index (χ0v) is 9.83. The van der Waals surface area contributed by atoms with Gasteiger partial charge in [0, 0.05) is 12.6 Å². The molecular formula is C13H20N2O. The lowest BCUT2D eigenvalue weighted by molar-refractivity contribution is -0.114. The van der Waals surface area contributed by atoms with Crippen LogP contribution in [0.5, 0.6) is 0 Å². The fourth-order valence-electron chi connectivity index (χ4n) is 1.53. The molecule has 0 spiro atoms. The number of para-hydroxylation sites is 1. The van der Waals surface area contributed by atoms with Crippen molar-refractivity contribution in [3.05, 3.63) is 30.3 Å². The Bertz CT molecular complexity index is 283. The van der Waals surface area contributed by atoms with Crippen LogP contribution in [0, 0.1) is 0 Å². The largest absolute Gasteiger partial charge is 0.326 e. The van der Waals surface area contributed by atoms with Crippen molar-refractivity contribution in [2.45, 2.75) is 26.2 Å². The minimum Gasteiger partial charge on any atom is -0.326 e. The first-order valence-corrected chi connectivity index (χ1v) is 5.82. The molecule has 0 radical (unpaired) electrons. The van der Waals surface area contributed by atoms with Crippen molar-refractivity contribution in [1.29, 1.82) is 0 Å². The molecule has 1 aromatic rings. The highest BCUT2D eigenvalue weighted by atomic mass is 16.1. The van der Waals surface area contributed by atoms with Crippen molar-refractivity contribution >= 4 is 11.6 Å². The van der Waals surface area contributed by atoms with E-state index in [0.717, 1.165) is 5.69 Å². The Morgan fingerprint density at radius 3 is 2.12 bits per heavy atom. The van der Waals surface area contributed by atoms with Crippen LogP contribution >= 0.6 is 0 Å². The van der Waals surface area contributed by atoms with Gasteiger partial charge in [0.2, 0.25) is 5.91 Å². The molecular weight excluding hydrogens is 200 g/mol. The predicted octanol–water partition coefficient (Wildman–Crippen LogP) is 2.40. The summed E-state index contributed by atoms with van der Waals surface area (Å²) in [4.78, 5) is 10.5. The van der Waals surface area contributed by atoms with Gasteiger partial charge in [0.25, 0.3) is 0 Å². The van der Waals surface area contributed by atoms with Crippen LogP contribution in [0.2, 0.25) is 0 Å². The number of hydrogen-bond donors (Lipinski definition) is 2. The van der Waals surface area contributed by atoms with Gasteiger partial charge in [0.1, 0.15) is 0 Å². The average Bonchev–Trinajstić information content (AvgIpc) is 2.32. The average molecular weight is 220 g/mol. The third kappa shape index (κ3) is 6.19. The zero-order valence-electron chi connectivity index (χ0n) is 9.83. The maximum atomic E-state index is 10.5. The van der Waals surface area contributed by atoms with Gasteiger partial charge >= 0.3 is 0 Å². The molecule has 0 atom stereocenters. The second kappa shape index (κ2) is 7.88. The molecule has 2 N–H and O–H groups in total. The molecule has 16 heavy (non-hydrogen) atoms.